The fraction of sp³-hybridized carbons (Fsp3) is 0.125. The Morgan fingerprint density at radius 1 is 1.09 bits per heavy atom. The van der Waals surface area contributed by atoms with Crippen molar-refractivity contribution in [1.82, 2.24) is 0 Å². The standard InChI is InChI=1S/C16H13BrINO4/c17-11-2-1-3-13(8-11)19-15(20)9-23-16(21)10-22-14-6-4-12(18)5-7-14/h1-8H,9-10H2,(H,19,20). The zero-order valence-corrected chi connectivity index (χ0v) is 15.7. The maximum Gasteiger partial charge on any atom is 0.344 e. The number of halogens is 2. The van der Waals surface area contributed by atoms with Crippen LogP contribution < -0.4 is 10.1 Å². The summed E-state index contributed by atoms with van der Waals surface area (Å²) in [6.07, 6.45) is 0. The van der Waals surface area contributed by atoms with E-state index in [1.807, 2.05) is 18.2 Å². The van der Waals surface area contributed by atoms with Crippen molar-refractivity contribution in [3.8, 4) is 5.75 Å². The summed E-state index contributed by atoms with van der Waals surface area (Å²) in [5.74, 6) is -0.445. The smallest absolute Gasteiger partial charge is 0.344 e. The predicted octanol–water partition coefficient (Wildman–Crippen LogP) is 3.61. The van der Waals surface area contributed by atoms with Crippen LogP contribution in [0.3, 0.4) is 0 Å². The van der Waals surface area contributed by atoms with Crippen molar-refractivity contribution < 1.29 is 19.1 Å². The van der Waals surface area contributed by atoms with Gasteiger partial charge in [0.25, 0.3) is 5.91 Å². The molecule has 0 saturated heterocycles. The normalized spacial score (nSPS) is 10.0. The van der Waals surface area contributed by atoms with Crippen LogP contribution >= 0.6 is 38.5 Å². The summed E-state index contributed by atoms with van der Waals surface area (Å²) in [6.45, 7) is -0.605. The number of ether oxygens (including phenoxy) is 2. The monoisotopic (exact) mass is 489 g/mol. The summed E-state index contributed by atoms with van der Waals surface area (Å²) >= 11 is 5.48. The lowest BCUT2D eigenvalue weighted by molar-refractivity contribution is -0.149. The number of benzene rings is 2. The van der Waals surface area contributed by atoms with Gasteiger partial charge in [-0.15, -0.1) is 0 Å². The first-order chi connectivity index (χ1) is 11.0. The molecule has 2 aromatic rings. The number of carbonyl (C=O) groups is 2. The van der Waals surface area contributed by atoms with Crippen molar-refractivity contribution in [2.24, 2.45) is 0 Å². The average molecular weight is 490 g/mol. The van der Waals surface area contributed by atoms with Gasteiger partial charge in [0.15, 0.2) is 13.2 Å². The number of rotatable bonds is 6. The number of esters is 1. The summed E-state index contributed by atoms with van der Waals surface area (Å²) in [5, 5.41) is 2.63. The Balaban J connectivity index is 1.71. The van der Waals surface area contributed by atoms with Crippen molar-refractivity contribution in [2.75, 3.05) is 18.5 Å². The SMILES string of the molecule is O=C(COC(=O)COc1ccc(I)cc1)Nc1cccc(Br)c1. The molecule has 2 rings (SSSR count). The Hall–Kier alpha value is -1.61. The van der Waals surface area contributed by atoms with E-state index in [1.54, 1.807) is 30.3 Å². The van der Waals surface area contributed by atoms with Crippen LogP contribution in [-0.4, -0.2) is 25.1 Å². The third-order valence-electron chi connectivity index (χ3n) is 2.64. The molecule has 0 aliphatic heterocycles. The Kier molecular flexibility index (Phi) is 6.85. The number of amides is 1. The first kappa shape index (κ1) is 17.7. The minimum atomic E-state index is -0.604. The highest BCUT2D eigenvalue weighted by Gasteiger charge is 2.09. The molecule has 5 nitrogen and oxygen atoms in total. The molecule has 0 aliphatic rings. The van der Waals surface area contributed by atoms with Gasteiger partial charge in [0.1, 0.15) is 5.75 Å². The van der Waals surface area contributed by atoms with Crippen LogP contribution in [0.2, 0.25) is 0 Å². The minimum Gasteiger partial charge on any atom is -0.482 e. The summed E-state index contributed by atoms with van der Waals surface area (Å²) in [7, 11) is 0. The van der Waals surface area contributed by atoms with Gasteiger partial charge in [0.05, 0.1) is 0 Å². The number of hydrogen-bond acceptors (Lipinski definition) is 4. The van der Waals surface area contributed by atoms with E-state index >= 15 is 0 Å². The number of carbonyl (C=O) groups excluding carboxylic acids is 2. The lowest BCUT2D eigenvalue weighted by atomic mass is 10.3. The van der Waals surface area contributed by atoms with Gasteiger partial charge in [-0.05, 0) is 65.1 Å². The summed E-state index contributed by atoms with van der Waals surface area (Å²) in [5.41, 5.74) is 0.621. The van der Waals surface area contributed by atoms with Gasteiger partial charge >= 0.3 is 5.97 Å². The molecule has 120 valence electrons. The molecule has 0 atom stereocenters. The van der Waals surface area contributed by atoms with E-state index in [0.717, 1.165) is 8.04 Å². The van der Waals surface area contributed by atoms with Gasteiger partial charge < -0.3 is 14.8 Å². The van der Waals surface area contributed by atoms with E-state index in [1.165, 1.54) is 0 Å². The molecule has 0 bridgehead atoms. The second-order valence-corrected chi connectivity index (χ2v) is 6.62. The number of anilines is 1. The van der Waals surface area contributed by atoms with E-state index < -0.39 is 11.9 Å². The molecule has 0 aromatic heterocycles. The van der Waals surface area contributed by atoms with Crippen molar-refractivity contribution >= 4 is 56.1 Å². The van der Waals surface area contributed by atoms with Crippen LogP contribution in [0.15, 0.2) is 53.0 Å². The predicted molar refractivity (Wildman–Crippen MR) is 98.4 cm³/mol. The minimum absolute atomic E-state index is 0.245. The summed E-state index contributed by atoms with van der Waals surface area (Å²) in [4.78, 5) is 23.3. The number of nitrogens with one attached hydrogen (secondary N) is 1. The van der Waals surface area contributed by atoms with Crippen LogP contribution in [0, 0.1) is 3.57 Å². The molecule has 0 spiro atoms. The largest absolute Gasteiger partial charge is 0.482 e. The third kappa shape index (κ3) is 6.57. The van der Waals surface area contributed by atoms with Crippen LogP contribution in [0.25, 0.3) is 0 Å². The maximum atomic E-state index is 11.7. The zero-order valence-electron chi connectivity index (χ0n) is 11.9. The molecule has 0 unspecified atom stereocenters. The van der Waals surface area contributed by atoms with Crippen LogP contribution in [0.5, 0.6) is 5.75 Å². The van der Waals surface area contributed by atoms with Gasteiger partial charge in [0.2, 0.25) is 0 Å². The second-order valence-electron chi connectivity index (χ2n) is 4.46. The van der Waals surface area contributed by atoms with E-state index in [-0.39, 0.29) is 13.2 Å². The van der Waals surface area contributed by atoms with Gasteiger partial charge in [-0.3, -0.25) is 4.79 Å². The molecule has 0 heterocycles. The fourth-order valence-electron chi connectivity index (χ4n) is 1.62. The second kappa shape index (κ2) is 8.88. The molecule has 1 N–H and O–H groups in total. The molecule has 0 saturated carbocycles. The molecule has 0 radical (unpaired) electrons. The first-order valence-electron chi connectivity index (χ1n) is 6.62. The molecule has 0 aliphatic carbocycles. The highest BCUT2D eigenvalue weighted by molar-refractivity contribution is 14.1. The van der Waals surface area contributed by atoms with Gasteiger partial charge in [-0.25, -0.2) is 4.79 Å². The van der Waals surface area contributed by atoms with Crippen molar-refractivity contribution in [3.05, 3.63) is 56.6 Å². The maximum absolute atomic E-state index is 11.7. The molecule has 2 aromatic carbocycles. The van der Waals surface area contributed by atoms with E-state index in [4.69, 9.17) is 9.47 Å². The summed E-state index contributed by atoms with van der Waals surface area (Å²) < 4.78 is 12.1. The van der Waals surface area contributed by atoms with E-state index in [2.05, 4.69) is 43.8 Å². The number of hydrogen-bond donors (Lipinski definition) is 1. The van der Waals surface area contributed by atoms with Crippen LogP contribution in [-0.2, 0) is 14.3 Å². The zero-order chi connectivity index (χ0) is 16.7. The topological polar surface area (TPSA) is 64.6 Å². The van der Waals surface area contributed by atoms with E-state index in [9.17, 15) is 9.59 Å². The molecule has 0 fully saturated rings. The Morgan fingerprint density at radius 2 is 1.83 bits per heavy atom. The Morgan fingerprint density at radius 3 is 2.52 bits per heavy atom. The molecule has 1 amide bonds. The lowest BCUT2D eigenvalue weighted by Crippen LogP contribution is -2.23. The molecule has 7 heteroatoms. The van der Waals surface area contributed by atoms with E-state index in [0.29, 0.717) is 11.4 Å². The average Bonchev–Trinajstić information content (AvgIpc) is 2.52. The van der Waals surface area contributed by atoms with Gasteiger partial charge in [0, 0.05) is 13.7 Å². The highest BCUT2D eigenvalue weighted by atomic mass is 127. The first-order valence-corrected chi connectivity index (χ1v) is 8.49. The molecule has 23 heavy (non-hydrogen) atoms. The van der Waals surface area contributed by atoms with Crippen molar-refractivity contribution in [3.63, 3.8) is 0 Å². The Labute approximate surface area is 155 Å². The van der Waals surface area contributed by atoms with Crippen molar-refractivity contribution in [1.29, 1.82) is 0 Å². The molecular formula is C16H13BrINO4. The third-order valence-corrected chi connectivity index (χ3v) is 3.86. The van der Waals surface area contributed by atoms with Crippen LogP contribution in [0.1, 0.15) is 0 Å². The summed E-state index contributed by atoms with van der Waals surface area (Å²) in [6, 6.07) is 14.4. The Bertz CT molecular complexity index is 691. The fourth-order valence-corrected chi connectivity index (χ4v) is 2.38. The molecular weight excluding hydrogens is 477 g/mol. The quantitative estimate of drug-likeness (QED) is 0.497. The highest BCUT2D eigenvalue weighted by Crippen LogP contribution is 2.15. The van der Waals surface area contributed by atoms with Crippen molar-refractivity contribution in [2.45, 2.75) is 0 Å². The van der Waals surface area contributed by atoms with Gasteiger partial charge in [-0.1, -0.05) is 22.0 Å². The van der Waals surface area contributed by atoms with Gasteiger partial charge in [-0.2, -0.15) is 0 Å². The van der Waals surface area contributed by atoms with Crippen LogP contribution in [0.4, 0.5) is 5.69 Å². The lowest BCUT2D eigenvalue weighted by Gasteiger charge is -2.08.